The van der Waals surface area contributed by atoms with E-state index in [0.717, 1.165) is 5.03 Å². The minimum Gasteiger partial charge on any atom is -0.448 e. The molecule has 0 aliphatic carbocycles. The summed E-state index contributed by atoms with van der Waals surface area (Å²) in [5, 5.41) is 6.55. The zero-order valence-electron chi connectivity index (χ0n) is 41.4. The molecule has 368 valence electrons. The number of aromatic nitrogens is 1. The van der Waals surface area contributed by atoms with Crippen LogP contribution in [0.1, 0.15) is 98.4 Å². The fourth-order valence-electron chi connectivity index (χ4n) is 8.47. The van der Waals surface area contributed by atoms with Gasteiger partial charge in [-0.25, -0.2) is 9.78 Å². The number of methoxy groups -OCH3 is 2. The van der Waals surface area contributed by atoms with Crippen LogP contribution in [0.3, 0.4) is 0 Å². The molecule has 0 radical (unpaired) electrons. The van der Waals surface area contributed by atoms with Crippen molar-refractivity contribution in [1.29, 1.82) is 0 Å². The van der Waals surface area contributed by atoms with Crippen LogP contribution in [0, 0.1) is 29.6 Å². The van der Waals surface area contributed by atoms with Crippen LogP contribution in [-0.4, -0.2) is 145 Å². The Hall–Kier alpha value is -4.19. The lowest BCUT2D eigenvalue weighted by Crippen LogP contribution is -2.60. The fourth-order valence-corrected chi connectivity index (χ4v) is 11.1. The van der Waals surface area contributed by atoms with Crippen molar-refractivity contribution in [2.75, 3.05) is 48.0 Å². The minimum atomic E-state index is -0.959. The van der Waals surface area contributed by atoms with Crippen molar-refractivity contribution in [2.24, 2.45) is 29.6 Å². The van der Waals surface area contributed by atoms with Gasteiger partial charge in [-0.1, -0.05) is 116 Å². The zero-order chi connectivity index (χ0) is 49.2. The second-order valence-electron chi connectivity index (χ2n) is 18.3. The highest BCUT2D eigenvalue weighted by atomic mass is 33.1. The van der Waals surface area contributed by atoms with Gasteiger partial charge in [0.05, 0.1) is 48.4 Å². The molecule has 9 atom stereocenters. The molecule has 1 saturated heterocycles. The first-order chi connectivity index (χ1) is 31.3. The van der Waals surface area contributed by atoms with Crippen LogP contribution in [-0.2, 0) is 33.4 Å². The van der Waals surface area contributed by atoms with Crippen LogP contribution >= 0.6 is 21.6 Å². The Morgan fingerprint density at radius 3 is 2.08 bits per heavy atom. The van der Waals surface area contributed by atoms with E-state index in [-0.39, 0.29) is 72.0 Å². The molecule has 0 saturated carbocycles. The molecule has 5 amide bonds. The molecule has 0 spiro atoms. The summed E-state index contributed by atoms with van der Waals surface area (Å²) in [5.41, 5.74) is 0.502. The number of carbonyl (C=O) groups is 6. The summed E-state index contributed by atoms with van der Waals surface area (Å²) in [6.45, 7) is 17.7. The molecule has 1 fully saturated rings. The van der Waals surface area contributed by atoms with E-state index < -0.39 is 54.3 Å². The molecule has 2 N–H and O–H groups in total. The Kier molecular flexibility index (Phi) is 23.5. The Morgan fingerprint density at radius 2 is 1.52 bits per heavy atom. The summed E-state index contributed by atoms with van der Waals surface area (Å²) >= 11 is 0. The van der Waals surface area contributed by atoms with Gasteiger partial charge in [-0.15, -0.1) is 0 Å². The fraction of sp³-hybridized carbons (Fsp3) is 0.653. The van der Waals surface area contributed by atoms with Crippen molar-refractivity contribution in [3.05, 3.63) is 60.3 Å². The van der Waals surface area contributed by atoms with Gasteiger partial charge < -0.3 is 34.6 Å². The molecule has 66 heavy (non-hydrogen) atoms. The lowest BCUT2D eigenvalue weighted by atomic mass is 9.89. The van der Waals surface area contributed by atoms with Crippen LogP contribution in [0.2, 0.25) is 0 Å². The summed E-state index contributed by atoms with van der Waals surface area (Å²) in [6.07, 6.45) is 1.71. The maximum absolute atomic E-state index is 14.6. The van der Waals surface area contributed by atoms with Crippen molar-refractivity contribution in [3.8, 4) is 0 Å². The summed E-state index contributed by atoms with van der Waals surface area (Å²) in [4.78, 5) is 91.7. The normalized spacial score (nSPS) is 17.6. The number of Topliss-reactive ketones (excluding diaryl/α,β-unsaturated/α-hetero) is 1. The SMILES string of the molecule is CC[C@H](C)[C@@H]([C@@H](CC(=O)N1CCC[C@H]1[C@H](OC)[C@@H](C)C(=O)NCC(=O)c1ccccc1)OC)N(C)C(=O)C(NC(=O)[C@H](C(C)C)N(C)C(=O)OC[C@H](SSc1ccccn1)C(C)C)C(C)C. The number of benzene rings is 1. The van der Waals surface area contributed by atoms with E-state index in [1.165, 1.54) is 37.0 Å². The molecular weight excluding hydrogens is 881 g/mol. The number of rotatable bonds is 26. The number of ketones is 1. The van der Waals surface area contributed by atoms with Gasteiger partial charge in [0.2, 0.25) is 23.6 Å². The van der Waals surface area contributed by atoms with E-state index in [0.29, 0.717) is 31.4 Å². The van der Waals surface area contributed by atoms with Gasteiger partial charge in [0, 0.05) is 46.6 Å². The minimum absolute atomic E-state index is 0.0330. The number of nitrogens with one attached hydrogen (secondary N) is 2. The Labute approximate surface area is 401 Å². The highest BCUT2D eigenvalue weighted by Gasteiger charge is 2.43. The third-order valence-electron chi connectivity index (χ3n) is 12.6. The predicted molar refractivity (Wildman–Crippen MR) is 261 cm³/mol. The molecule has 2 aromatic rings. The lowest BCUT2D eigenvalue weighted by Gasteiger charge is -2.41. The van der Waals surface area contributed by atoms with Crippen molar-refractivity contribution in [3.63, 3.8) is 0 Å². The van der Waals surface area contributed by atoms with Gasteiger partial charge in [0.25, 0.3) is 0 Å². The third-order valence-corrected chi connectivity index (χ3v) is 15.6. The van der Waals surface area contributed by atoms with E-state index in [1.807, 2.05) is 65.8 Å². The van der Waals surface area contributed by atoms with Gasteiger partial charge in [-0.05, 0) is 59.4 Å². The molecule has 1 aliphatic heterocycles. The largest absolute Gasteiger partial charge is 0.448 e. The first-order valence-corrected chi connectivity index (χ1v) is 25.4. The first kappa shape index (κ1) is 56.1. The monoisotopic (exact) mass is 957 g/mol. The van der Waals surface area contributed by atoms with Crippen LogP contribution in [0.5, 0.6) is 0 Å². The van der Waals surface area contributed by atoms with Gasteiger partial charge in [0.15, 0.2) is 5.78 Å². The average Bonchev–Trinajstić information content (AvgIpc) is 3.79. The first-order valence-electron chi connectivity index (χ1n) is 23.2. The van der Waals surface area contributed by atoms with Gasteiger partial charge in [-0.3, -0.25) is 28.9 Å². The molecule has 3 rings (SSSR count). The number of amides is 5. The number of carbonyl (C=O) groups excluding carboxylic acids is 6. The maximum atomic E-state index is 14.6. The van der Waals surface area contributed by atoms with Crippen LogP contribution in [0.4, 0.5) is 4.79 Å². The number of pyridine rings is 1. The summed E-state index contributed by atoms with van der Waals surface area (Å²) in [6, 6.07) is 11.6. The van der Waals surface area contributed by atoms with E-state index >= 15 is 0 Å². The summed E-state index contributed by atoms with van der Waals surface area (Å²) < 4.78 is 17.7. The van der Waals surface area contributed by atoms with E-state index in [2.05, 4.69) is 29.5 Å². The smallest absolute Gasteiger partial charge is 0.410 e. The Bertz CT molecular complexity index is 1860. The Balaban J connectivity index is 1.72. The molecule has 2 heterocycles. The van der Waals surface area contributed by atoms with Crippen molar-refractivity contribution >= 4 is 57.1 Å². The number of hydrogen-bond donors (Lipinski definition) is 2. The van der Waals surface area contributed by atoms with E-state index in [4.69, 9.17) is 14.2 Å². The summed E-state index contributed by atoms with van der Waals surface area (Å²) in [7, 11) is 9.36. The van der Waals surface area contributed by atoms with Gasteiger partial charge in [-0.2, -0.15) is 0 Å². The number of nitrogens with zero attached hydrogens (tertiary/aromatic N) is 4. The molecule has 0 bridgehead atoms. The predicted octanol–water partition coefficient (Wildman–Crippen LogP) is 7.00. The molecule has 17 heteroatoms. The van der Waals surface area contributed by atoms with Crippen LogP contribution in [0.25, 0.3) is 0 Å². The summed E-state index contributed by atoms with van der Waals surface area (Å²) in [5.74, 6) is -2.82. The second-order valence-corrected chi connectivity index (χ2v) is 20.8. The Morgan fingerprint density at radius 1 is 0.848 bits per heavy atom. The topological polar surface area (TPSA) is 177 Å². The van der Waals surface area contributed by atoms with E-state index in [9.17, 15) is 28.8 Å². The highest BCUT2D eigenvalue weighted by molar-refractivity contribution is 8.76. The van der Waals surface area contributed by atoms with Crippen LogP contribution in [0.15, 0.2) is 59.8 Å². The zero-order valence-corrected chi connectivity index (χ0v) is 43.0. The van der Waals surface area contributed by atoms with Crippen LogP contribution < -0.4 is 10.6 Å². The van der Waals surface area contributed by atoms with Crippen molar-refractivity contribution < 1.29 is 43.0 Å². The molecular formula is C49H76N6O9S2. The molecule has 15 nitrogen and oxygen atoms in total. The number of likely N-dealkylation sites (tertiary alicyclic amines) is 1. The quantitative estimate of drug-likeness (QED) is 0.0731. The maximum Gasteiger partial charge on any atom is 0.410 e. The molecule has 1 aromatic carbocycles. The lowest BCUT2D eigenvalue weighted by molar-refractivity contribution is -0.148. The molecule has 1 unspecified atom stereocenters. The highest BCUT2D eigenvalue weighted by Crippen LogP contribution is 2.36. The van der Waals surface area contributed by atoms with E-state index in [1.54, 1.807) is 65.0 Å². The number of ether oxygens (including phenoxy) is 3. The standard InChI is InChI=1S/C49H76N6O9S2/c1-14-33(8)44(38(62-12)27-41(57)55-26-20-23-36(55)45(63-13)34(9)46(58)51-28-37(56)35-21-16-15-17-22-35)53(10)48(60)42(31(4)5)52-47(59)43(32(6)7)54(11)49(61)64-29-39(30(2)3)65-66-40-24-18-19-25-50-40/h15-19,21-22,24-25,30-34,36,38-39,42-45H,14,20,23,26-29H2,1-13H3,(H,51,58)(H,52,59)/t33-,34+,36-,38+,39-,42?,43-,44-,45+/m0/s1. The second kappa shape index (κ2) is 27.6. The van der Waals surface area contributed by atoms with Crippen molar-refractivity contribution in [2.45, 2.75) is 135 Å². The average molecular weight is 957 g/mol. The molecule has 1 aromatic heterocycles. The number of likely N-dealkylation sites (N-methyl/N-ethyl adjacent to an activating group) is 2. The number of hydrogen-bond acceptors (Lipinski definition) is 12. The third kappa shape index (κ3) is 15.7. The molecule has 1 aliphatic rings. The van der Waals surface area contributed by atoms with Gasteiger partial charge >= 0.3 is 6.09 Å². The van der Waals surface area contributed by atoms with Crippen molar-refractivity contribution in [1.82, 2.24) is 30.3 Å². The van der Waals surface area contributed by atoms with Gasteiger partial charge in [0.1, 0.15) is 23.7 Å².